The molecule has 472 valence electrons. The first-order valence-corrected chi connectivity index (χ1v) is 24.7. The van der Waals surface area contributed by atoms with E-state index in [0.29, 0.717) is 0 Å². The number of ether oxygens (including phenoxy) is 14. The van der Waals surface area contributed by atoms with Gasteiger partial charge in [-0.25, -0.2) is 14.4 Å². The molecule has 0 aromatic rings. The lowest BCUT2D eigenvalue weighted by Gasteiger charge is -2.37. The van der Waals surface area contributed by atoms with E-state index in [1.807, 2.05) is 0 Å². The number of carboxylic acid groups (broad SMARTS) is 8. The van der Waals surface area contributed by atoms with E-state index in [2.05, 4.69) is 14.7 Å². The van der Waals surface area contributed by atoms with E-state index in [0.717, 1.165) is 0 Å². The third-order valence-electron chi connectivity index (χ3n) is 9.33. The average Bonchev–Trinajstić information content (AvgIpc) is 3.39. The van der Waals surface area contributed by atoms with Crippen LogP contribution in [0.25, 0.3) is 0 Å². The summed E-state index contributed by atoms with van der Waals surface area (Å²) < 4.78 is 80.5. The van der Waals surface area contributed by atoms with E-state index < -0.39 is 124 Å². The number of hydrogen-bond acceptors (Lipinski definition) is 28. The van der Waals surface area contributed by atoms with Crippen molar-refractivity contribution in [2.24, 2.45) is 5.41 Å². The average molecular weight is 1190 g/mol. The fourth-order valence-electron chi connectivity index (χ4n) is 5.46. The van der Waals surface area contributed by atoms with Gasteiger partial charge in [-0.2, -0.15) is 14.7 Å². The molecule has 0 bridgehead atoms. The van der Waals surface area contributed by atoms with Crippen LogP contribution in [0.3, 0.4) is 0 Å². The highest BCUT2D eigenvalue weighted by atomic mass is 17.2. The van der Waals surface area contributed by atoms with Crippen molar-refractivity contribution in [3.05, 3.63) is 0 Å². The van der Waals surface area contributed by atoms with Crippen molar-refractivity contribution in [1.82, 2.24) is 0 Å². The van der Waals surface area contributed by atoms with E-state index in [1.54, 1.807) is 0 Å². The van der Waals surface area contributed by atoms with Gasteiger partial charge >= 0.3 is 48.3 Å². The van der Waals surface area contributed by atoms with Crippen molar-refractivity contribution in [3.63, 3.8) is 0 Å². The number of rotatable bonds is 61. The van der Waals surface area contributed by atoms with Crippen LogP contribution < -0.4 is 0 Å². The molecule has 0 saturated carbocycles. The monoisotopic (exact) mass is 1190 g/mol. The second kappa shape index (κ2) is 51.4. The second-order valence-corrected chi connectivity index (χ2v) is 16.3. The molecule has 36 heteroatoms. The molecule has 0 aromatic heterocycles. The fraction of sp³-hybridized carbons (Fsp3) is 0.822. The molecule has 0 spiro atoms. The summed E-state index contributed by atoms with van der Waals surface area (Å²) in [6, 6.07) is 0. The molecule has 0 aromatic carbocycles. The Morgan fingerprint density at radius 3 is 0.642 bits per heavy atom. The van der Waals surface area contributed by atoms with Gasteiger partial charge in [0.15, 0.2) is 0 Å². The van der Waals surface area contributed by atoms with E-state index in [4.69, 9.17) is 122 Å². The van der Waals surface area contributed by atoms with Gasteiger partial charge in [0.1, 0.15) is 44.2 Å². The first-order valence-electron chi connectivity index (χ1n) is 24.7. The first-order chi connectivity index (χ1) is 38.8. The molecule has 0 rings (SSSR count). The Bertz CT molecular complexity index is 1530. The summed E-state index contributed by atoms with van der Waals surface area (Å²) in [6.07, 6.45) is -11.7. The minimum atomic E-state index is -1.88. The van der Waals surface area contributed by atoms with Gasteiger partial charge in [0.05, 0.1) is 196 Å². The summed E-state index contributed by atoms with van der Waals surface area (Å²) in [5.41, 5.74) is -1.68. The van der Waals surface area contributed by atoms with Gasteiger partial charge in [-0.15, -0.1) is 0 Å². The summed E-state index contributed by atoms with van der Waals surface area (Å²) >= 11 is 0. The predicted octanol–water partition coefficient (Wildman–Crippen LogP) is -0.0683. The number of hydrogen-bond donors (Lipinski definition) is 8. The van der Waals surface area contributed by atoms with E-state index in [-0.39, 0.29) is 164 Å². The standard InChI is InChI=1S/C45H76O36/c46-37(47)1-6-62-11-16-67-21-33(22-68-17-12-63-7-2-38(48)49)72-29-45(32-75-36(27-77-80-43(58)59)28-78-81-44(60)61,31-74-35(26-76-79-42(56)57)25-71-20-15-66-10-5-41(54)55)30-73-34(23-69-18-13-64-8-3-39(50)51)24-70-19-14-65-9-4-40(52)53/h33-36H,1-32H2,(H,46,47)(H,48,49)(H,50,51)(H,52,53)(H,54,55)(H,56,57)(H,58,59)(H,60,61). The minimum Gasteiger partial charge on any atom is -0.481 e. The summed E-state index contributed by atoms with van der Waals surface area (Å²) in [7, 11) is 0. The molecule has 0 fully saturated rings. The van der Waals surface area contributed by atoms with E-state index >= 15 is 0 Å². The van der Waals surface area contributed by atoms with Crippen LogP contribution in [0.2, 0.25) is 0 Å². The lowest BCUT2D eigenvalue weighted by molar-refractivity contribution is -0.301. The van der Waals surface area contributed by atoms with Crippen LogP contribution in [0.5, 0.6) is 0 Å². The zero-order valence-corrected chi connectivity index (χ0v) is 44.4. The van der Waals surface area contributed by atoms with Gasteiger partial charge in [-0.3, -0.25) is 38.6 Å². The number of carboxylic acids is 5. The van der Waals surface area contributed by atoms with Crippen LogP contribution in [0.4, 0.5) is 14.4 Å². The normalized spacial score (nSPS) is 12.0. The molecule has 0 aliphatic heterocycles. The highest BCUT2D eigenvalue weighted by Gasteiger charge is 2.37. The predicted molar refractivity (Wildman–Crippen MR) is 256 cm³/mol. The highest BCUT2D eigenvalue weighted by molar-refractivity contribution is 5.68. The first kappa shape index (κ1) is 75.5. The van der Waals surface area contributed by atoms with Crippen LogP contribution >= 0.6 is 0 Å². The van der Waals surface area contributed by atoms with Crippen molar-refractivity contribution >= 4 is 48.3 Å². The van der Waals surface area contributed by atoms with Crippen LogP contribution in [0, 0.1) is 5.41 Å². The molecular weight excluding hydrogens is 1120 g/mol. The third kappa shape index (κ3) is 52.3. The molecule has 0 amide bonds. The molecular formula is C45H76O36. The zero-order chi connectivity index (χ0) is 60.2. The maximum atomic E-state index is 11.3. The Kier molecular flexibility index (Phi) is 47.9. The van der Waals surface area contributed by atoms with Gasteiger partial charge in [0.2, 0.25) is 0 Å². The van der Waals surface area contributed by atoms with Crippen molar-refractivity contribution in [2.45, 2.75) is 56.5 Å². The molecule has 0 saturated heterocycles. The molecule has 1 atom stereocenters. The third-order valence-corrected chi connectivity index (χ3v) is 9.33. The summed E-state index contributed by atoms with van der Waals surface area (Å²) in [4.78, 5) is 115. The van der Waals surface area contributed by atoms with Crippen molar-refractivity contribution in [1.29, 1.82) is 0 Å². The maximum absolute atomic E-state index is 11.3. The Hall–Kier alpha value is -5.52. The molecule has 36 nitrogen and oxygen atoms in total. The molecule has 81 heavy (non-hydrogen) atoms. The van der Waals surface area contributed by atoms with Gasteiger partial charge in [0.25, 0.3) is 0 Å². The zero-order valence-electron chi connectivity index (χ0n) is 44.4. The second-order valence-electron chi connectivity index (χ2n) is 16.3. The molecule has 0 radical (unpaired) electrons. The Balaban J connectivity index is 7.36. The molecule has 0 aliphatic carbocycles. The van der Waals surface area contributed by atoms with Crippen molar-refractivity contribution in [2.75, 3.05) is 178 Å². The van der Waals surface area contributed by atoms with Crippen LogP contribution in [0.15, 0.2) is 0 Å². The SMILES string of the molecule is O=C(O)CCOCCOCC(COCCOCCC(=O)O)OCC(COC(COCCOCCC(=O)O)COCCOCCC(=O)O)(COC(COCCOCCC(=O)O)COOC(=O)O)COC(COOC(=O)O)COOC(=O)O. The van der Waals surface area contributed by atoms with Crippen LogP contribution in [-0.4, -0.2) is 292 Å². The molecule has 0 heterocycles. The molecule has 8 N–H and O–H groups in total. The maximum Gasteiger partial charge on any atom is 0.537 e. The summed E-state index contributed by atoms with van der Waals surface area (Å²) in [5.74, 6) is -5.47. The summed E-state index contributed by atoms with van der Waals surface area (Å²) in [5, 5.41) is 72.0. The highest BCUT2D eigenvalue weighted by Crippen LogP contribution is 2.25. The van der Waals surface area contributed by atoms with Gasteiger partial charge in [-0.05, 0) is 0 Å². The smallest absolute Gasteiger partial charge is 0.481 e. The summed E-state index contributed by atoms with van der Waals surface area (Å²) in [6.45, 7) is -6.90. The fourth-order valence-corrected chi connectivity index (χ4v) is 5.46. The van der Waals surface area contributed by atoms with Gasteiger partial charge in [-0.1, -0.05) is 0 Å². The van der Waals surface area contributed by atoms with Crippen LogP contribution in [0.1, 0.15) is 32.1 Å². The number of carbonyl (C=O) groups is 8. The Labute approximate surface area is 463 Å². The molecule has 0 aliphatic rings. The van der Waals surface area contributed by atoms with Gasteiger partial charge in [0, 0.05) is 0 Å². The Morgan fingerprint density at radius 2 is 0.444 bits per heavy atom. The Morgan fingerprint density at radius 1 is 0.259 bits per heavy atom. The van der Waals surface area contributed by atoms with Gasteiger partial charge < -0.3 is 107 Å². The largest absolute Gasteiger partial charge is 0.537 e. The lowest BCUT2D eigenvalue weighted by Crippen LogP contribution is -2.48. The minimum absolute atomic E-state index is 0.0412. The quantitative estimate of drug-likeness (QED) is 0.0224. The lowest BCUT2D eigenvalue weighted by atomic mass is 9.91. The van der Waals surface area contributed by atoms with Crippen molar-refractivity contribution < 1.29 is 175 Å². The molecule has 1 unspecified atom stereocenters. The van der Waals surface area contributed by atoms with E-state index in [9.17, 15) is 38.4 Å². The topological polar surface area (TPSA) is 483 Å². The number of aliphatic carboxylic acids is 5. The van der Waals surface area contributed by atoms with Crippen molar-refractivity contribution in [3.8, 4) is 0 Å². The van der Waals surface area contributed by atoms with Crippen LogP contribution in [-0.2, 0) is 120 Å². The van der Waals surface area contributed by atoms with E-state index in [1.165, 1.54) is 0 Å².